The van der Waals surface area contributed by atoms with Crippen LogP contribution in [0.15, 0.2) is 78.3 Å². The Labute approximate surface area is 186 Å². The van der Waals surface area contributed by atoms with E-state index in [1.807, 2.05) is 67.6 Å². The molecule has 2 aliphatic rings. The first-order valence-corrected chi connectivity index (χ1v) is 10.5. The molecule has 0 spiro atoms. The number of ether oxygens (including phenoxy) is 5. The molecule has 3 atom stereocenters. The Hall–Kier alpha value is -3.45. The van der Waals surface area contributed by atoms with Crippen LogP contribution < -0.4 is 9.47 Å². The Balaban J connectivity index is 1.24. The third kappa shape index (κ3) is 5.23. The molecule has 0 saturated heterocycles. The molecule has 0 bridgehead atoms. The monoisotopic (exact) mass is 438 g/mol. The molecule has 32 heavy (non-hydrogen) atoms. The molecule has 3 unspecified atom stereocenters. The largest absolute Gasteiger partial charge is 0.489 e. The first kappa shape index (κ1) is 21.8. The Morgan fingerprint density at radius 3 is 2.53 bits per heavy atom. The first-order valence-electron chi connectivity index (χ1n) is 10.5. The van der Waals surface area contributed by atoms with Gasteiger partial charge in [-0.25, -0.2) is 4.79 Å². The summed E-state index contributed by atoms with van der Waals surface area (Å²) in [5.74, 6) is 2.24. The van der Waals surface area contributed by atoms with E-state index in [-0.39, 0.29) is 18.8 Å². The molecule has 2 aromatic rings. The highest BCUT2D eigenvalue weighted by Gasteiger charge is 2.42. The van der Waals surface area contributed by atoms with Crippen molar-refractivity contribution in [2.75, 3.05) is 13.2 Å². The van der Waals surface area contributed by atoms with Crippen molar-refractivity contribution in [1.82, 2.24) is 0 Å². The Morgan fingerprint density at radius 1 is 1.12 bits per heavy atom. The second-order valence-electron chi connectivity index (χ2n) is 7.96. The van der Waals surface area contributed by atoms with Crippen LogP contribution in [0, 0.1) is 0 Å². The third-order valence-corrected chi connectivity index (χ3v) is 5.12. The van der Waals surface area contributed by atoms with Gasteiger partial charge in [-0.3, -0.25) is 0 Å². The molecule has 7 heteroatoms. The first-order chi connectivity index (χ1) is 15.4. The molecule has 1 N–H and O–H groups in total. The van der Waals surface area contributed by atoms with Gasteiger partial charge >= 0.3 is 5.97 Å². The summed E-state index contributed by atoms with van der Waals surface area (Å²) in [6.07, 6.45) is 3.68. The lowest BCUT2D eigenvalue weighted by Crippen LogP contribution is -2.46. The van der Waals surface area contributed by atoms with Crippen LogP contribution in [-0.4, -0.2) is 42.1 Å². The van der Waals surface area contributed by atoms with E-state index in [0.717, 1.165) is 17.2 Å². The number of hydrogen-bond acceptors (Lipinski definition) is 6. The van der Waals surface area contributed by atoms with Gasteiger partial charge in [0.05, 0.1) is 12.7 Å². The van der Waals surface area contributed by atoms with Gasteiger partial charge in [-0.1, -0.05) is 24.3 Å². The number of benzene rings is 2. The average Bonchev–Trinajstić information content (AvgIpc) is 2.79. The molecule has 0 radical (unpaired) electrons. The summed E-state index contributed by atoms with van der Waals surface area (Å²) in [4.78, 5) is 11.3. The Kier molecular flexibility index (Phi) is 6.37. The van der Waals surface area contributed by atoms with Gasteiger partial charge in [0.15, 0.2) is 5.76 Å². The molecule has 0 aromatic heterocycles. The van der Waals surface area contributed by atoms with Gasteiger partial charge in [-0.2, -0.15) is 0 Å². The Morgan fingerprint density at radius 2 is 1.81 bits per heavy atom. The van der Waals surface area contributed by atoms with Gasteiger partial charge < -0.3 is 28.8 Å². The number of carbonyl (C=O) groups is 1. The van der Waals surface area contributed by atoms with E-state index in [1.165, 1.54) is 6.92 Å². The van der Waals surface area contributed by atoms with Crippen molar-refractivity contribution in [3.63, 3.8) is 0 Å². The topological polar surface area (TPSA) is 83.5 Å². The van der Waals surface area contributed by atoms with E-state index in [9.17, 15) is 9.90 Å². The van der Waals surface area contributed by atoms with Crippen LogP contribution in [0.4, 0.5) is 0 Å². The van der Waals surface area contributed by atoms with Crippen molar-refractivity contribution in [3.8, 4) is 17.2 Å². The van der Waals surface area contributed by atoms with Crippen LogP contribution >= 0.6 is 0 Å². The van der Waals surface area contributed by atoms with Crippen LogP contribution in [0.3, 0.4) is 0 Å². The quantitative estimate of drug-likeness (QED) is 0.640. The van der Waals surface area contributed by atoms with Crippen molar-refractivity contribution >= 4 is 5.97 Å². The highest BCUT2D eigenvalue weighted by Crippen LogP contribution is 2.32. The number of hydrogen-bond donors (Lipinski definition) is 1. The predicted octanol–water partition coefficient (Wildman–Crippen LogP) is 4.69. The zero-order chi connectivity index (χ0) is 22.6. The van der Waals surface area contributed by atoms with E-state index < -0.39 is 11.6 Å². The van der Waals surface area contributed by atoms with Gasteiger partial charge in [0.2, 0.25) is 5.60 Å². The lowest BCUT2D eigenvalue weighted by molar-refractivity contribution is -0.169. The maximum absolute atomic E-state index is 11.3. The van der Waals surface area contributed by atoms with Crippen LogP contribution in [0.5, 0.6) is 17.2 Å². The van der Waals surface area contributed by atoms with Crippen LogP contribution in [0.1, 0.15) is 20.3 Å². The number of carboxylic acid groups (broad SMARTS) is 1. The summed E-state index contributed by atoms with van der Waals surface area (Å²) in [7, 11) is 0. The summed E-state index contributed by atoms with van der Waals surface area (Å²) >= 11 is 0. The highest BCUT2D eigenvalue weighted by molar-refractivity contribution is 5.77. The second-order valence-corrected chi connectivity index (χ2v) is 7.96. The van der Waals surface area contributed by atoms with Crippen molar-refractivity contribution in [3.05, 3.63) is 78.3 Å². The zero-order valence-electron chi connectivity index (χ0n) is 18.0. The molecule has 7 nitrogen and oxygen atoms in total. The molecule has 1 heterocycles. The lowest BCUT2D eigenvalue weighted by atomic mass is 10.0. The molecular formula is C25H26O7. The smallest absolute Gasteiger partial charge is 0.351 e. The summed E-state index contributed by atoms with van der Waals surface area (Å²) in [6.45, 7) is 3.78. The molecule has 1 aliphatic heterocycles. The maximum atomic E-state index is 11.3. The number of para-hydroxylation sites is 1. The fourth-order valence-electron chi connectivity index (χ4n) is 3.31. The zero-order valence-corrected chi connectivity index (χ0v) is 18.0. The van der Waals surface area contributed by atoms with E-state index >= 15 is 0 Å². The number of rotatable bonds is 8. The minimum absolute atomic E-state index is 0.0365. The predicted molar refractivity (Wildman–Crippen MR) is 117 cm³/mol. The van der Waals surface area contributed by atoms with Crippen LogP contribution in [-0.2, 0) is 19.0 Å². The molecule has 4 rings (SSSR count). The standard InChI is InChI=1S/C25H26O7/c1-17(30-19-8-10-20(11-9-19)31-18-6-4-3-5-7-18)15-28-21-12-13-22-23(14-21)29-16-25(2,32-22)24(26)27/h3-13,17,21H,14-16H2,1-2H3,(H,26,27). The Bertz CT molecular complexity index is 997. The molecule has 168 valence electrons. The van der Waals surface area contributed by atoms with E-state index in [2.05, 4.69) is 0 Å². The summed E-state index contributed by atoms with van der Waals surface area (Å²) in [6, 6.07) is 17.0. The molecule has 0 fully saturated rings. The lowest BCUT2D eigenvalue weighted by Gasteiger charge is -2.35. The van der Waals surface area contributed by atoms with E-state index in [1.54, 1.807) is 6.08 Å². The minimum Gasteiger partial charge on any atom is -0.489 e. The van der Waals surface area contributed by atoms with Crippen LogP contribution in [0.2, 0.25) is 0 Å². The van der Waals surface area contributed by atoms with Crippen LogP contribution in [0.25, 0.3) is 0 Å². The van der Waals surface area contributed by atoms with Gasteiger partial charge in [0.25, 0.3) is 0 Å². The number of aliphatic carboxylic acids is 1. The number of allylic oxidation sites excluding steroid dienone is 1. The second kappa shape index (κ2) is 9.36. The van der Waals surface area contributed by atoms with E-state index in [4.69, 9.17) is 23.7 Å². The summed E-state index contributed by atoms with van der Waals surface area (Å²) in [5, 5.41) is 9.29. The SMILES string of the molecule is CC(COC1C=CC2=C(C1)OCC(C)(C(=O)O)O2)Oc1ccc(Oc2ccccc2)cc1. The fraction of sp³-hybridized carbons (Fsp3) is 0.320. The highest BCUT2D eigenvalue weighted by atomic mass is 16.6. The van der Waals surface area contributed by atoms with E-state index in [0.29, 0.717) is 24.5 Å². The summed E-state index contributed by atoms with van der Waals surface area (Å²) < 4.78 is 28.9. The van der Waals surface area contributed by atoms with Gasteiger partial charge in [-0.15, -0.1) is 0 Å². The maximum Gasteiger partial charge on any atom is 0.351 e. The fourth-order valence-corrected chi connectivity index (χ4v) is 3.31. The minimum atomic E-state index is -1.37. The third-order valence-electron chi connectivity index (χ3n) is 5.12. The van der Waals surface area contributed by atoms with Gasteiger partial charge in [0.1, 0.15) is 35.7 Å². The average molecular weight is 438 g/mol. The molecule has 2 aromatic carbocycles. The normalized spacial score (nSPS) is 22.9. The van der Waals surface area contributed by atoms with Crippen molar-refractivity contribution in [1.29, 1.82) is 0 Å². The molecule has 1 aliphatic carbocycles. The van der Waals surface area contributed by atoms with Crippen molar-refractivity contribution in [2.24, 2.45) is 0 Å². The molecule has 0 amide bonds. The number of carboxylic acids is 1. The summed E-state index contributed by atoms with van der Waals surface area (Å²) in [5.41, 5.74) is -1.37. The van der Waals surface area contributed by atoms with Crippen molar-refractivity contribution in [2.45, 2.75) is 38.1 Å². The van der Waals surface area contributed by atoms with Gasteiger partial charge in [0, 0.05) is 6.42 Å². The molecular weight excluding hydrogens is 412 g/mol. The van der Waals surface area contributed by atoms with Gasteiger partial charge in [-0.05, 0) is 56.3 Å². The molecule has 0 saturated carbocycles. The van der Waals surface area contributed by atoms with Crippen molar-refractivity contribution < 1.29 is 33.6 Å².